The Labute approximate surface area is 116 Å². The van der Waals surface area contributed by atoms with E-state index in [2.05, 4.69) is 35.9 Å². The predicted octanol–water partition coefficient (Wildman–Crippen LogP) is 2.11. The zero-order valence-electron chi connectivity index (χ0n) is 11.3. The fraction of sp³-hybridized carbons (Fsp3) is 0.545. The van der Waals surface area contributed by atoms with Crippen LogP contribution in [0.5, 0.6) is 0 Å². The van der Waals surface area contributed by atoms with Gasteiger partial charge in [-0.3, -0.25) is 0 Å². The average molecular weight is 282 g/mol. The van der Waals surface area contributed by atoms with Crippen molar-refractivity contribution in [1.29, 1.82) is 0 Å². The molecule has 0 aliphatic heterocycles. The van der Waals surface area contributed by atoms with Crippen LogP contribution in [0.15, 0.2) is 6.07 Å². The maximum Gasteiger partial charge on any atom is 0.196 e. The number of nitrogens with zero attached hydrogens (tertiary/aromatic N) is 5. The van der Waals surface area contributed by atoms with Gasteiger partial charge in [-0.05, 0) is 6.92 Å². The number of nitrogens with one attached hydrogen (secondary N) is 2. The third-order valence-corrected chi connectivity index (χ3v) is 2.67. The van der Waals surface area contributed by atoms with Gasteiger partial charge in [-0.1, -0.05) is 37.6 Å². The molecule has 0 saturated heterocycles. The summed E-state index contributed by atoms with van der Waals surface area (Å²) >= 11 is 6.02. The third kappa shape index (κ3) is 3.37. The molecule has 1 unspecified atom stereocenters. The Balaban J connectivity index is 2.23. The Hall–Kier alpha value is -1.76. The van der Waals surface area contributed by atoms with E-state index in [1.165, 1.54) is 0 Å². The zero-order valence-corrected chi connectivity index (χ0v) is 12.0. The van der Waals surface area contributed by atoms with Crippen molar-refractivity contribution in [2.45, 2.75) is 39.2 Å². The first-order chi connectivity index (χ1) is 8.86. The van der Waals surface area contributed by atoms with E-state index in [1.54, 1.807) is 6.07 Å². The highest BCUT2D eigenvalue weighted by molar-refractivity contribution is 6.29. The van der Waals surface area contributed by atoms with Crippen LogP contribution >= 0.6 is 11.6 Å². The van der Waals surface area contributed by atoms with Gasteiger partial charge in [0, 0.05) is 11.5 Å². The third-order valence-electron chi connectivity index (χ3n) is 2.48. The van der Waals surface area contributed by atoms with Crippen LogP contribution in [0.2, 0.25) is 5.15 Å². The summed E-state index contributed by atoms with van der Waals surface area (Å²) in [5, 5.41) is 17.4. The van der Waals surface area contributed by atoms with Crippen molar-refractivity contribution in [1.82, 2.24) is 30.6 Å². The largest absolute Gasteiger partial charge is 0.360 e. The maximum atomic E-state index is 6.02. The smallest absolute Gasteiger partial charge is 0.196 e. The summed E-state index contributed by atoms with van der Waals surface area (Å²) in [6.07, 6.45) is 0. The number of rotatable bonds is 3. The van der Waals surface area contributed by atoms with Gasteiger partial charge in [0.1, 0.15) is 16.8 Å². The van der Waals surface area contributed by atoms with Crippen LogP contribution in [-0.4, -0.2) is 30.6 Å². The SMILES string of the molecule is CC(Nc1cc(Cl)nc(C(C)(C)C)n1)c1nn[nH]n1. The zero-order chi connectivity index (χ0) is 14.0. The molecule has 0 spiro atoms. The molecule has 0 fully saturated rings. The Morgan fingerprint density at radius 2 is 2.05 bits per heavy atom. The highest BCUT2D eigenvalue weighted by Crippen LogP contribution is 2.23. The van der Waals surface area contributed by atoms with Gasteiger partial charge < -0.3 is 5.32 Å². The first kappa shape index (κ1) is 13.7. The van der Waals surface area contributed by atoms with Crippen molar-refractivity contribution in [3.05, 3.63) is 22.9 Å². The highest BCUT2D eigenvalue weighted by atomic mass is 35.5. The Morgan fingerprint density at radius 3 is 2.63 bits per heavy atom. The predicted molar refractivity (Wildman–Crippen MR) is 72.0 cm³/mol. The van der Waals surface area contributed by atoms with Gasteiger partial charge in [0.05, 0.1) is 6.04 Å². The molecule has 102 valence electrons. The fourth-order valence-corrected chi connectivity index (χ4v) is 1.65. The molecule has 0 amide bonds. The summed E-state index contributed by atoms with van der Waals surface area (Å²) in [4.78, 5) is 8.70. The number of hydrogen-bond donors (Lipinski definition) is 2. The normalized spacial score (nSPS) is 13.3. The quantitative estimate of drug-likeness (QED) is 0.837. The van der Waals surface area contributed by atoms with Crippen LogP contribution in [-0.2, 0) is 5.41 Å². The molecule has 0 saturated carbocycles. The van der Waals surface area contributed by atoms with Crippen molar-refractivity contribution in [2.75, 3.05) is 5.32 Å². The van der Waals surface area contributed by atoms with E-state index in [4.69, 9.17) is 11.6 Å². The summed E-state index contributed by atoms with van der Waals surface area (Å²) in [6, 6.07) is 1.55. The van der Waals surface area contributed by atoms with Gasteiger partial charge in [-0.25, -0.2) is 9.97 Å². The number of tetrazole rings is 1. The Kier molecular flexibility index (Phi) is 3.66. The number of hydrogen-bond acceptors (Lipinski definition) is 6. The molecule has 19 heavy (non-hydrogen) atoms. The second kappa shape index (κ2) is 5.08. The highest BCUT2D eigenvalue weighted by Gasteiger charge is 2.20. The minimum absolute atomic E-state index is 0.127. The van der Waals surface area contributed by atoms with Crippen molar-refractivity contribution >= 4 is 17.4 Å². The molecule has 2 N–H and O–H groups in total. The molecule has 8 heteroatoms. The molecule has 0 aromatic carbocycles. The van der Waals surface area contributed by atoms with Crippen molar-refractivity contribution in [3.8, 4) is 0 Å². The maximum absolute atomic E-state index is 6.02. The second-order valence-electron chi connectivity index (χ2n) is 5.29. The van der Waals surface area contributed by atoms with Crippen LogP contribution < -0.4 is 5.32 Å². The molecule has 2 aromatic rings. The number of H-pyrrole nitrogens is 1. The molecule has 0 radical (unpaired) electrons. The molecule has 7 nitrogen and oxygen atoms in total. The average Bonchev–Trinajstić information content (AvgIpc) is 2.80. The first-order valence-electron chi connectivity index (χ1n) is 5.91. The standard InChI is InChI=1S/C11H16ClN7/c1-6(9-16-18-19-17-9)13-8-5-7(12)14-10(15-8)11(2,3)4/h5-6H,1-4H3,(H,13,14,15)(H,16,17,18,19). The minimum atomic E-state index is -0.170. The first-order valence-corrected chi connectivity index (χ1v) is 6.29. The van der Waals surface area contributed by atoms with E-state index in [9.17, 15) is 0 Å². The van der Waals surface area contributed by atoms with Gasteiger partial charge in [-0.2, -0.15) is 5.21 Å². The van der Waals surface area contributed by atoms with Gasteiger partial charge in [0.15, 0.2) is 5.82 Å². The molecular weight excluding hydrogens is 266 g/mol. The summed E-state index contributed by atoms with van der Waals surface area (Å²) in [5.41, 5.74) is -0.170. The van der Waals surface area contributed by atoms with Crippen molar-refractivity contribution in [3.63, 3.8) is 0 Å². The summed E-state index contributed by atoms with van der Waals surface area (Å²) in [7, 11) is 0. The van der Waals surface area contributed by atoms with Gasteiger partial charge >= 0.3 is 0 Å². The number of aromatic amines is 1. The summed E-state index contributed by atoms with van der Waals surface area (Å²) < 4.78 is 0. The lowest BCUT2D eigenvalue weighted by Gasteiger charge is -2.18. The van der Waals surface area contributed by atoms with E-state index in [-0.39, 0.29) is 11.5 Å². The molecular formula is C11H16ClN7. The minimum Gasteiger partial charge on any atom is -0.360 e. The van der Waals surface area contributed by atoms with Crippen LogP contribution in [0.25, 0.3) is 0 Å². The molecule has 2 heterocycles. The van der Waals surface area contributed by atoms with E-state index >= 15 is 0 Å². The van der Waals surface area contributed by atoms with Gasteiger partial charge in [0.2, 0.25) is 0 Å². The van der Waals surface area contributed by atoms with Crippen molar-refractivity contribution in [2.24, 2.45) is 0 Å². The van der Waals surface area contributed by atoms with Gasteiger partial charge in [0.25, 0.3) is 0 Å². The summed E-state index contributed by atoms with van der Waals surface area (Å²) in [5.74, 6) is 1.89. The lowest BCUT2D eigenvalue weighted by Crippen LogP contribution is -2.18. The molecule has 0 bridgehead atoms. The lowest BCUT2D eigenvalue weighted by molar-refractivity contribution is 0.545. The van der Waals surface area contributed by atoms with Crippen LogP contribution in [0.3, 0.4) is 0 Å². The number of anilines is 1. The lowest BCUT2D eigenvalue weighted by atomic mass is 9.96. The van der Waals surface area contributed by atoms with Crippen LogP contribution in [0, 0.1) is 0 Å². The van der Waals surface area contributed by atoms with Crippen LogP contribution in [0.1, 0.15) is 45.4 Å². The van der Waals surface area contributed by atoms with E-state index in [0.717, 1.165) is 0 Å². The monoisotopic (exact) mass is 281 g/mol. The van der Waals surface area contributed by atoms with E-state index in [0.29, 0.717) is 22.6 Å². The molecule has 0 aliphatic carbocycles. The second-order valence-corrected chi connectivity index (χ2v) is 5.67. The van der Waals surface area contributed by atoms with E-state index in [1.807, 2.05) is 27.7 Å². The number of aromatic nitrogens is 6. The molecule has 1 atom stereocenters. The molecule has 2 rings (SSSR count). The van der Waals surface area contributed by atoms with Crippen molar-refractivity contribution < 1.29 is 0 Å². The van der Waals surface area contributed by atoms with E-state index < -0.39 is 0 Å². The topological polar surface area (TPSA) is 92.3 Å². The Bertz CT molecular complexity index is 547. The molecule has 0 aliphatic rings. The molecule has 2 aromatic heterocycles. The fourth-order valence-electron chi connectivity index (χ4n) is 1.47. The number of halogens is 1. The van der Waals surface area contributed by atoms with Gasteiger partial charge in [-0.15, -0.1) is 10.2 Å². The Morgan fingerprint density at radius 1 is 1.32 bits per heavy atom. The van der Waals surface area contributed by atoms with Crippen LogP contribution in [0.4, 0.5) is 5.82 Å². The summed E-state index contributed by atoms with van der Waals surface area (Å²) in [6.45, 7) is 8.01.